The first-order valence-electron chi connectivity index (χ1n) is 7.48. The van der Waals surface area contributed by atoms with E-state index < -0.39 is 0 Å². The molecule has 1 unspecified atom stereocenters. The van der Waals surface area contributed by atoms with Gasteiger partial charge < -0.3 is 15.4 Å². The molecule has 2 aliphatic rings. The summed E-state index contributed by atoms with van der Waals surface area (Å²) in [5.41, 5.74) is -0.00577. The summed E-state index contributed by atoms with van der Waals surface area (Å²) >= 11 is 1.93. The van der Waals surface area contributed by atoms with Crippen molar-refractivity contribution in [1.29, 1.82) is 0 Å². The van der Waals surface area contributed by atoms with Gasteiger partial charge in [0, 0.05) is 55.7 Å². The molecule has 2 fully saturated rings. The van der Waals surface area contributed by atoms with E-state index in [-0.39, 0.29) is 36.3 Å². The number of ether oxygens (including phenoxy) is 1. The SMILES string of the molecule is CC(C)(CNC(=O)CC1CSCCN1)N1CCOCC1.Cl.Cl. The number of hydrogen-bond donors (Lipinski definition) is 2. The molecule has 2 aliphatic heterocycles. The van der Waals surface area contributed by atoms with Crippen molar-refractivity contribution < 1.29 is 9.53 Å². The Kier molecular flexibility index (Phi) is 11.1. The van der Waals surface area contributed by atoms with Gasteiger partial charge in [0.25, 0.3) is 0 Å². The number of nitrogens with one attached hydrogen (secondary N) is 2. The van der Waals surface area contributed by atoms with E-state index in [0.29, 0.717) is 19.0 Å². The largest absolute Gasteiger partial charge is 0.379 e. The maximum atomic E-state index is 12.0. The lowest BCUT2D eigenvalue weighted by molar-refractivity contribution is -0.122. The van der Waals surface area contributed by atoms with Crippen molar-refractivity contribution in [3.63, 3.8) is 0 Å². The summed E-state index contributed by atoms with van der Waals surface area (Å²) in [6.45, 7) is 9.57. The lowest BCUT2D eigenvalue weighted by atomic mass is 10.0. The summed E-state index contributed by atoms with van der Waals surface area (Å²) in [6, 6.07) is 0.334. The molecule has 0 spiro atoms. The molecule has 0 aromatic heterocycles. The molecule has 2 heterocycles. The fourth-order valence-electron chi connectivity index (χ4n) is 2.64. The van der Waals surface area contributed by atoms with Gasteiger partial charge in [-0.2, -0.15) is 11.8 Å². The second-order valence-electron chi connectivity index (χ2n) is 6.12. The number of halogens is 2. The molecule has 2 N–H and O–H groups in total. The van der Waals surface area contributed by atoms with Crippen LogP contribution in [0.2, 0.25) is 0 Å². The Morgan fingerprint density at radius 3 is 2.64 bits per heavy atom. The van der Waals surface area contributed by atoms with Gasteiger partial charge in [-0.05, 0) is 13.8 Å². The predicted octanol–water partition coefficient (Wildman–Crippen LogP) is 1.15. The maximum Gasteiger partial charge on any atom is 0.221 e. The number of carbonyl (C=O) groups is 1. The van der Waals surface area contributed by atoms with Crippen molar-refractivity contribution >= 4 is 42.5 Å². The molecule has 2 saturated heterocycles. The van der Waals surface area contributed by atoms with Gasteiger partial charge in [0.2, 0.25) is 5.91 Å². The molecule has 0 saturated carbocycles. The minimum absolute atomic E-state index is 0. The molecule has 0 aliphatic carbocycles. The summed E-state index contributed by atoms with van der Waals surface area (Å²) in [5.74, 6) is 2.36. The van der Waals surface area contributed by atoms with Crippen LogP contribution in [-0.2, 0) is 9.53 Å². The Morgan fingerprint density at radius 1 is 1.36 bits per heavy atom. The zero-order valence-electron chi connectivity index (χ0n) is 13.4. The number of hydrogen-bond acceptors (Lipinski definition) is 5. The van der Waals surface area contributed by atoms with Gasteiger partial charge in [0.15, 0.2) is 0 Å². The first kappa shape index (κ1) is 22.3. The molecule has 1 atom stereocenters. The third-order valence-electron chi connectivity index (χ3n) is 4.02. The smallest absolute Gasteiger partial charge is 0.221 e. The Morgan fingerprint density at radius 2 is 2.05 bits per heavy atom. The molecular formula is C14H29Cl2N3O2S. The topological polar surface area (TPSA) is 53.6 Å². The van der Waals surface area contributed by atoms with Gasteiger partial charge in [-0.15, -0.1) is 24.8 Å². The van der Waals surface area contributed by atoms with E-state index in [1.54, 1.807) is 0 Å². The van der Waals surface area contributed by atoms with Crippen molar-refractivity contribution in [1.82, 2.24) is 15.5 Å². The fourth-order valence-corrected chi connectivity index (χ4v) is 3.59. The standard InChI is InChI=1S/C14H27N3O2S.2ClH/c1-14(2,17-4-6-19-7-5-17)11-16-13(18)9-12-10-20-8-3-15-12;;/h12,15H,3-11H2,1-2H3,(H,16,18);2*1H. The van der Waals surface area contributed by atoms with Crippen LogP contribution in [0.5, 0.6) is 0 Å². The van der Waals surface area contributed by atoms with E-state index in [4.69, 9.17) is 4.74 Å². The summed E-state index contributed by atoms with van der Waals surface area (Å²) in [4.78, 5) is 14.4. The summed E-state index contributed by atoms with van der Waals surface area (Å²) in [7, 11) is 0. The first-order chi connectivity index (χ1) is 9.58. The third kappa shape index (κ3) is 7.23. The molecule has 0 aromatic rings. The van der Waals surface area contributed by atoms with Gasteiger partial charge in [-0.3, -0.25) is 9.69 Å². The van der Waals surface area contributed by atoms with E-state index in [9.17, 15) is 4.79 Å². The van der Waals surface area contributed by atoms with Crippen LogP contribution in [0.1, 0.15) is 20.3 Å². The molecule has 0 radical (unpaired) electrons. The van der Waals surface area contributed by atoms with Gasteiger partial charge in [0.1, 0.15) is 0 Å². The van der Waals surface area contributed by atoms with E-state index in [1.165, 1.54) is 0 Å². The van der Waals surface area contributed by atoms with Crippen LogP contribution in [0.4, 0.5) is 0 Å². The van der Waals surface area contributed by atoms with Gasteiger partial charge in [0.05, 0.1) is 13.2 Å². The van der Waals surface area contributed by atoms with Crippen LogP contribution in [-0.4, -0.2) is 73.3 Å². The molecule has 2 rings (SSSR count). The van der Waals surface area contributed by atoms with E-state index in [0.717, 1.165) is 44.4 Å². The van der Waals surface area contributed by atoms with Crippen LogP contribution in [0.25, 0.3) is 0 Å². The number of amides is 1. The van der Waals surface area contributed by atoms with Crippen LogP contribution in [0.15, 0.2) is 0 Å². The molecule has 1 amide bonds. The normalized spacial score (nSPS) is 23.1. The van der Waals surface area contributed by atoms with Crippen LogP contribution < -0.4 is 10.6 Å². The van der Waals surface area contributed by atoms with E-state index >= 15 is 0 Å². The lowest BCUT2D eigenvalue weighted by Crippen LogP contribution is -2.55. The zero-order chi connectivity index (χ0) is 14.4. The molecule has 0 bridgehead atoms. The minimum atomic E-state index is -0.00577. The van der Waals surface area contributed by atoms with Crippen molar-refractivity contribution in [2.24, 2.45) is 0 Å². The molecule has 22 heavy (non-hydrogen) atoms. The maximum absolute atomic E-state index is 12.0. The summed E-state index contributed by atoms with van der Waals surface area (Å²) < 4.78 is 5.38. The molecule has 5 nitrogen and oxygen atoms in total. The summed E-state index contributed by atoms with van der Waals surface area (Å²) in [5, 5.41) is 6.50. The average Bonchev–Trinajstić information content (AvgIpc) is 2.47. The van der Waals surface area contributed by atoms with E-state index in [1.807, 2.05) is 11.8 Å². The highest BCUT2D eigenvalue weighted by Crippen LogP contribution is 2.15. The van der Waals surface area contributed by atoms with Crippen molar-refractivity contribution in [2.45, 2.75) is 31.8 Å². The molecular weight excluding hydrogens is 345 g/mol. The number of nitrogens with zero attached hydrogens (tertiary/aromatic N) is 1. The summed E-state index contributed by atoms with van der Waals surface area (Å²) in [6.07, 6.45) is 0.589. The fraction of sp³-hybridized carbons (Fsp3) is 0.929. The third-order valence-corrected chi connectivity index (χ3v) is 5.15. The van der Waals surface area contributed by atoms with Crippen LogP contribution >= 0.6 is 36.6 Å². The monoisotopic (exact) mass is 373 g/mol. The average molecular weight is 374 g/mol. The number of rotatable bonds is 5. The highest BCUT2D eigenvalue weighted by atomic mass is 35.5. The highest BCUT2D eigenvalue weighted by Gasteiger charge is 2.28. The quantitative estimate of drug-likeness (QED) is 0.756. The van der Waals surface area contributed by atoms with Crippen molar-refractivity contribution in [3.05, 3.63) is 0 Å². The molecule has 0 aromatic carbocycles. The predicted molar refractivity (Wildman–Crippen MR) is 97.7 cm³/mol. The highest BCUT2D eigenvalue weighted by molar-refractivity contribution is 7.99. The van der Waals surface area contributed by atoms with Gasteiger partial charge in [-0.25, -0.2) is 0 Å². The Hall–Kier alpha value is 0.280. The lowest BCUT2D eigenvalue weighted by Gasteiger charge is -2.41. The van der Waals surface area contributed by atoms with Crippen molar-refractivity contribution in [3.8, 4) is 0 Å². The number of carbonyl (C=O) groups excluding carboxylic acids is 1. The molecule has 8 heteroatoms. The zero-order valence-corrected chi connectivity index (χ0v) is 15.9. The van der Waals surface area contributed by atoms with Gasteiger partial charge in [-0.1, -0.05) is 0 Å². The van der Waals surface area contributed by atoms with Crippen LogP contribution in [0, 0.1) is 0 Å². The van der Waals surface area contributed by atoms with Crippen LogP contribution in [0.3, 0.4) is 0 Å². The minimum Gasteiger partial charge on any atom is -0.379 e. The Labute approximate surface area is 150 Å². The molecule has 132 valence electrons. The first-order valence-corrected chi connectivity index (χ1v) is 8.64. The number of thioether (sulfide) groups is 1. The Balaban J connectivity index is 0.00000220. The van der Waals surface area contributed by atoms with Crippen molar-refractivity contribution in [2.75, 3.05) is 50.9 Å². The van der Waals surface area contributed by atoms with E-state index in [2.05, 4.69) is 29.4 Å². The number of morpholine rings is 1. The Bertz CT molecular complexity index is 323. The van der Waals surface area contributed by atoms with Gasteiger partial charge >= 0.3 is 0 Å². The second-order valence-corrected chi connectivity index (χ2v) is 7.27. The second kappa shape index (κ2) is 10.9.